The predicted octanol–water partition coefficient (Wildman–Crippen LogP) is 3.09. The molecule has 0 fully saturated rings. The Balaban J connectivity index is 2.09. The van der Waals surface area contributed by atoms with E-state index in [1.165, 1.54) is 11.1 Å². The third kappa shape index (κ3) is 2.17. The van der Waals surface area contributed by atoms with Gasteiger partial charge in [-0.05, 0) is 28.7 Å². The average molecular weight is 249 g/mol. The molecule has 2 aromatic rings. The van der Waals surface area contributed by atoms with E-state index < -0.39 is 0 Å². The van der Waals surface area contributed by atoms with Crippen molar-refractivity contribution in [2.45, 2.75) is 12.3 Å². The Morgan fingerprint density at radius 2 is 1.74 bits per heavy atom. The van der Waals surface area contributed by atoms with E-state index in [-0.39, 0.29) is 5.91 Å². The SMILES string of the molecule is NC(=O)C=C1CC(c2ccccc2)c2ccccc21. The topological polar surface area (TPSA) is 43.1 Å². The van der Waals surface area contributed by atoms with Gasteiger partial charge in [0.1, 0.15) is 0 Å². The van der Waals surface area contributed by atoms with E-state index in [1.807, 2.05) is 30.3 Å². The zero-order valence-corrected chi connectivity index (χ0v) is 10.5. The van der Waals surface area contributed by atoms with E-state index in [2.05, 4.69) is 24.3 Å². The first kappa shape index (κ1) is 11.7. The van der Waals surface area contributed by atoms with Crippen LogP contribution in [0.1, 0.15) is 29.0 Å². The van der Waals surface area contributed by atoms with Crippen molar-refractivity contribution in [1.82, 2.24) is 0 Å². The highest BCUT2D eigenvalue weighted by atomic mass is 16.1. The van der Waals surface area contributed by atoms with Crippen molar-refractivity contribution >= 4 is 11.5 Å². The molecule has 1 aliphatic carbocycles. The van der Waals surface area contributed by atoms with Crippen LogP contribution in [0.5, 0.6) is 0 Å². The first-order valence-electron chi connectivity index (χ1n) is 6.40. The zero-order chi connectivity index (χ0) is 13.2. The highest BCUT2D eigenvalue weighted by Crippen LogP contribution is 2.44. The largest absolute Gasteiger partial charge is 0.366 e. The summed E-state index contributed by atoms with van der Waals surface area (Å²) in [5, 5.41) is 0. The molecule has 2 heteroatoms. The molecule has 0 radical (unpaired) electrons. The van der Waals surface area contributed by atoms with Crippen LogP contribution in [0.3, 0.4) is 0 Å². The Kier molecular flexibility index (Phi) is 2.92. The molecule has 1 aliphatic rings. The fraction of sp³-hybridized carbons (Fsp3) is 0.118. The minimum absolute atomic E-state index is 0.322. The molecular weight excluding hydrogens is 234 g/mol. The van der Waals surface area contributed by atoms with Gasteiger partial charge in [-0.25, -0.2) is 0 Å². The Morgan fingerprint density at radius 1 is 1.05 bits per heavy atom. The van der Waals surface area contributed by atoms with Crippen LogP contribution in [0.15, 0.2) is 60.7 Å². The fourth-order valence-electron chi connectivity index (χ4n) is 2.82. The summed E-state index contributed by atoms with van der Waals surface area (Å²) in [7, 11) is 0. The van der Waals surface area contributed by atoms with Crippen molar-refractivity contribution < 1.29 is 4.79 Å². The second-order valence-corrected chi connectivity index (χ2v) is 4.83. The summed E-state index contributed by atoms with van der Waals surface area (Å²) in [4.78, 5) is 11.2. The van der Waals surface area contributed by atoms with Gasteiger partial charge in [0.05, 0.1) is 0 Å². The van der Waals surface area contributed by atoms with E-state index in [0.717, 1.165) is 17.6 Å². The van der Waals surface area contributed by atoms with Gasteiger partial charge < -0.3 is 5.73 Å². The number of carbonyl (C=O) groups excluding carboxylic acids is 1. The molecule has 3 rings (SSSR count). The molecule has 94 valence electrons. The van der Waals surface area contributed by atoms with E-state index in [0.29, 0.717) is 5.92 Å². The Morgan fingerprint density at radius 3 is 2.47 bits per heavy atom. The minimum Gasteiger partial charge on any atom is -0.366 e. The number of benzene rings is 2. The number of amides is 1. The van der Waals surface area contributed by atoms with Gasteiger partial charge in [-0.3, -0.25) is 4.79 Å². The Bertz CT molecular complexity index is 643. The number of carbonyl (C=O) groups is 1. The summed E-state index contributed by atoms with van der Waals surface area (Å²) in [6.07, 6.45) is 2.40. The van der Waals surface area contributed by atoms with Crippen LogP contribution >= 0.6 is 0 Å². The van der Waals surface area contributed by atoms with Crippen LogP contribution in [0.4, 0.5) is 0 Å². The normalized spacial score (nSPS) is 19.4. The van der Waals surface area contributed by atoms with Gasteiger partial charge in [-0.1, -0.05) is 54.6 Å². The molecule has 0 heterocycles. The van der Waals surface area contributed by atoms with Gasteiger partial charge in [0.25, 0.3) is 0 Å². The molecular formula is C17H15NO. The third-order valence-electron chi connectivity index (χ3n) is 3.62. The van der Waals surface area contributed by atoms with Crippen LogP contribution < -0.4 is 5.73 Å². The average Bonchev–Trinajstić information content (AvgIpc) is 2.78. The van der Waals surface area contributed by atoms with Gasteiger partial charge in [0.2, 0.25) is 5.91 Å². The maximum atomic E-state index is 11.2. The molecule has 2 nitrogen and oxygen atoms in total. The number of hydrogen-bond donors (Lipinski definition) is 1. The molecule has 0 spiro atoms. The van der Waals surface area contributed by atoms with Crippen LogP contribution in [0.2, 0.25) is 0 Å². The van der Waals surface area contributed by atoms with Crippen LogP contribution in [-0.2, 0) is 4.79 Å². The molecule has 0 saturated carbocycles. The van der Waals surface area contributed by atoms with Crippen molar-refractivity contribution in [3.05, 3.63) is 77.4 Å². The van der Waals surface area contributed by atoms with Gasteiger partial charge in [-0.15, -0.1) is 0 Å². The summed E-state index contributed by atoms with van der Waals surface area (Å²) >= 11 is 0. The predicted molar refractivity (Wildman–Crippen MR) is 76.5 cm³/mol. The molecule has 19 heavy (non-hydrogen) atoms. The van der Waals surface area contributed by atoms with Gasteiger partial charge in [0.15, 0.2) is 0 Å². The summed E-state index contributed by atoms with van der Waals surface area (Å²) in [6.45, 7) is 0. The lowest BCUT2D eigenvalue weighted by atomic mass is 9.93. The lowest BCUT2D eigenvalue weighted by molar-refractivity contribution is -0.113. The molecule has 1 amide bonds. The van der Waals surface area contributed by atoms with E-state index in [9.17, 15) is 4.79 Å². The molecule has 2 aromatic carbocycles. The number of allylic oxidation sites excluding steroid dienone is 1. The summed E-state index contributed by atoms with van der Waals surface area (Å²) in [6, 6.07) is 18.6. The Hall–Kier alpha value is -2.35. The van der Waals surface area contributed by atoms with Crippen molar-refractivity contribution in [2.24, 2.45) is 5.73 Å². The smallest absolute Gasteiger partial charge is 0.241 e. The number of fused-ring (bicyclic) bond motifs is 1. The van der Waals surface area contributed by atoms with E-state index in [4.69, 9.17) is 5.73 Å². The monoisotopic (exact) mass is 249 g/mol. The first-order valence-corrected chi connectivity index (χ1v) is 6.40. The second-order valence-electron chi connectivity index (χ2n) is 4.83. The lowest BCUT2D eigenvalue weighted by Gasteiger charge is -2.11. The third-order valence-corrected chi connectivity index (χ3v) is 3.62. The molecule has 1 atom stereocenters. The quantitative estimate of drug-likeness (QED) is 0.816. The van der Waals surface area contributed by atoms with Gasteiger partial charge >= 0.3 is 0 Å². The zero-order valence-electron chi connectivity index (χ0n) is 10.5. The highest BCUT2D eigenvalue weighted by molar-refractivity contribution is 5.95. The summed E-state index contributed by atoms with van der Waals surface area (Å²) in [5.74, 6) is -0.0542. The molecule has 2 N–H and O–H groups in total. The molecule has 0 bridgehead atoms. The maximum absolute atomic E-state index is 11.2. The number of nitrogens with two attached hydrogens (primary N) is 1. The summed E-state index contributed by atoms with van der Waals surface area (Å²) in [5.41, 5.74) is 10.0. The van der Waals surface area contributed by atoms with Crippen molar-refractivity contribution in [3.63, 3.8) is 0 Å². The second kappa shape index (κ2) is 4.73. The fourth-order valence-corrected chi connectivity index (χ4v) is 2.82. The maximum Gasteiger partial charge on any atom is 0.241 e. The van der Waals surface area contributed by atoms with Crippen molar-refractivity contribution in [3.8, 4) is 0 Å². The number of rotatable bonds is 2. The van der Waals surface area contributed by atoms with Crippen LogP contribution in [0.25, 0.3) is 5.57 Å². The van der Waals surface area contributed by atoms with Crippen LogP contribution in [-0.4, -0.2) is 5.91 Å². The molecule has 0 saturated heterocycles. The number of hydrogen-bond acceptors (Lipinski definition) is 1. The molecule has 1 unspecified atom stereocenters. The van der Waals surface area contributed by atoms with Crippen molar-refractivity contribution in [1.29, 1.82) is 0 Å². The van der Waals surface area contributed by atoms with E-state index in [1.54, 1.807) is 6.08 Å². The lowest BCUT2D eigenvalue weighted by Crippen LogP contribution is -2.06. The Labute approximate surface area is 112 Å². The van der Waals surface area contributed by atoms with Crippen LogP contribution in [0, 0.1) is 0 Å². The molecule has 0 aliphatic heterocycles. The first-order chi connectivity index (χ1) is 9.25. The van der Waals surface area contributed by atoms with Gasteiger partial charge in [-0.2, -0.15) is 0 Å². The standard InChI is InChI=1S/C17H15NO/c18-17(19)11-13-10-16(12-6-2-1-3-7-12)15-9-5-4-8-14(13)15/h1-9,11,16H,10H2,(H2,18,19). The minimum atomic E-state index is -0.376. The highest BCUT2D eigenvalue weighted by Gasteiger charge is 2.27. The molecule has 0 aromatic heterocycles. The van der Waals surface area contributed by atoms with Crippen molar-refractivity contribution in [2.75, 3.05) is 0 Å². The van der Waals surface area contributed by atoms with E-state index >= 15 is 0 Å². The summed E-state index contributed by atoms with van der Waals surface area (Å²) < 4.78 is 0. The van der Waals surface area contributed by atoms with Gasteiger partial charge in [0, 0.05) is 12.0 Å². The number of primary amides is 1.